The van der Waals surface area contributed by atoms with Crippen molar-refractivity contribution in [2.75, 3.05) is 43.4 Å². The third kappa shape index (κ3) is 8.98. The van der Waals surface area contributed by atoms with Crippen LogP contribution < -0.4 is 19.4 Å². The highest BCUT2D eigenvalue weighted by atomic mass is 16.7. The third-order valence-electron chi connectivity index (χ3n) is 9.39. The lowest BCUT2D eigenvalue weighted by atomic mass is 9.91. The first kappa shape index (κ1) is 34.9. The molecule has 50 heavy (non-hydrogen) atoms. The smallest absolute Gasteiger partial charge is 0.306 e. The molecule has 10 heteroatoms. The van der Waals surface area contributed by atoms with Crippen molar-refractivity contribution in [3.05, 3.63) is 107 Å². The lowest BCUT2D eigenvalue weighted by Crippen LogP contribution is -2.38. The van der Waals surface area contributed by atoms with Gasteiger partial charge in [0.05, 0.1) is 38.0 Å². The van der Waals surface area contributed by atoms with Crippen LogP contribution in [0.4, 0.5) is 11.5 Å². The molecule has 1 aliphatic heterocycles. The normalized spacial score (nSPS) is 15.3. The van der Waals surface area contributed by atoms with Gasteiger partial charge >= 0.3 is 5.97 Å². The molecule has 0 bridgehead atoms. The fourth-order valence-electron chi connectivity index (χ4n) is 6.50. The monoisotopic (exact) mass is 678 g/mol. The van der Waals surface area contributed by atoms with Gasteiger partial charge < -0.3 is 19.1 Å². The lowest BCUT2D eigenvalue weighted by Gasteiger charge is -2.35. The SMILES string of the molecule is CCON(C(=O)c1ccc(OC)cc1N1CCC(COc2cc(C(CC(=O)OCc3ccccc3)C3CC3)ccn2)CC1)c1cccc(C)n1. The first-order valence-electron chi connectivity index (χ1n) is 17.5. The standard InChI is InChI=1S/C40H46N4O6/c1-4-50-44(37-12-8-9-28(2)42-37)40(46)34-16-15-33(47-3)24-36(34)43-21-18-30(19-22-43)26-48-38-23-32(17-20-41-38)35(31-13-14-31)25-39(45)49-27-29-10-6-5-7-11-29/h5-12,15-17,20,23-24,30-31,35H,4,13-14,18-19,21-22,25-27H2,1-3H3. The van der Waals surface area contributed by atoms with Gasteiger partial charge in [0.25, 0.3) is 5.91 Å². The molecule has 10 nitrogen and oxygen atoms in total. The Labute approximate surface area is 294 Å². The van der Waals surface area contributed by atoms with Gasteiger partial charge in [0.2, 0.25) is 5.88 Å². The van der Waals surface area contributed by atoms with Crippen LogP contribution in [0.3, 0.4) is 0 Å². The van der Waals surface area contributed by atoms with Gasteiger partial charge in [0.1, 0.15) is 12.4 Å². The van der Waals surface area contributed by atoms with Crippen LogP contribution in [0.5, 0.6) is 11.6 Å². The van der Waals surface area contributed by atoms with E-state index in [2.05, 4.69) is 14.9 Å². The molecule has 2 aromatic heterocycles. The summed E-state index contributed by atoms with van der Waals surface area (Å²) >= 11 is 0. The summed E-state index contributed by atoms with van der Waals surface area (Å²) in [5.41, 5.74) is 4.17. The van der Waals surface area contributed by atoms with Crippen molar-refractivity contribution in [1.29, 1.82) is 0 Å². The van der Waals surface area contributed by atoms with Gasteiger partial charge in [-0.3, -0.25) is 14.4 Å². The second-order valence-corrected chi connectivity index (χ2v) is 13.0. The molecule has 3 heterocycles. The number of carbonyl (C=O) groups excluding carboxylic acids is 2. The summed E-state index contributed by atoms with van der Waals surface area (Å²) in [6, 6.07) is 24.8. The Balaban J connectivity index is 1.06. The molecule has 0 radical (unpaired) electrons. The molecule has 262 valence electrons. The number of rotatable bonds is 15. The van der Waals surface area contributed by atoms with E-state index in [-0.39, 0.29) is 24.4 Å². The lowest BCUT2D eigenvalue weighted by molar-refractivity contribution is -0.145. The number of pyridine rings is 2. The van der Waals surface area contributed by atoms with Gasteiger partial charge in [-0.2, -0.15) is 5.06 Å². The average molecular weight is 679 g/mol. The molecule has 1 saturated heterocycles. The second-order valence-electron chi connectivity index (χ2n) is 13.0. The molecule has 1 amide bonds. The van der Waals surface area contributed by atoms with E-state index in [0.29, 0.717) is 54.5 Å². The maximum Gasteiger partial charge on any atom is 0.306 e. The number of hydroxylamine groups is 1. The molecular formula is C40H46N4O6. The van der Waals surface area contributed by atoms with E-state index in [1.807, 2.05) is 74.5 Å². The molecular weight excluding hydrogens is 632 g/mol. The number of esters is 1. The summed E-state index contributed by atoms with van der Waals surface area (Å²) in [5.74, 6) is 2.12. The highest BCUT2D eigenvalue weighted by Crippen LogP contribution is 2.45. The van der Waals surface area contributed by atoms with Crippen LogP contribution >= 0.6 is 0 Å². The van der Waals surface area contributed by atoms with E-state index in [4.69, 9.17) is 19.0 Å². The van der Waals surface area contributed by atoms with Crippen LogP contribution in [-0.4, -0.2) is 55.3 Å². The molecule has 2 aliphatic rings. The van der Waals surface area contributed by atoms with Crippen LogP contribution in [0.2, 0.25) is 0 Å². The first-order valence-corrected chi connectivity index (χ1v) is 17.5. The summed E-state index contributed by atoms with van der Waals surface area (Å²) in [6.45, 7) is 6.38. The Bertz CT molecular complexity index is 1740. The van der Waals surface area contributed by atoms with Crippen molar-refractivity contribution in [3.63, 3.8) is 0 Å². The Morgan fingerprint density at radius 2 is 1.76 bits per heavy atom. The van der Waals surface area contributed by atoms with Crippen molar-refractivity contribution in [1.82, 2.24) is 9.97 Å². The minimum Gasteiger partial charge on any atom is -0.497 e. The fourth-order valence-corrected chi connectivity index (χ4v) is 6.50. The number of methoxy groups -OCH3 is 1. The van der Waals surface area contributed by atoms with Gasteiger partial charge in [0.15, 0.2) is 5.82 Å². The average Bonchev–Trinajstić information content (AvgIpc) is 4.00. The number of ether oxygens (including phenoxy) is 3. The molecule has 2 aromatic carbocycles. The van der Waals surface area contributed by atoms with E-state index in [0.717, 1.165) is 61.3 Å². The number of carbonyl (C=O) groups is 2. The van der Waals surface area contributed by atoms with Crippen molar-refractivity contribution < 1.29 is 28.6 Å². The number of anilines is 2. The Hall–Kier alpha value is -4.96. The summed E-state index contributed by atoms with van der Waals surface area (Å²) < 4.78 is 17.4. The Morgan fingerprint density at radius 1 is 0.960 bits per heavy atom. The predicted octanol–water partition coefficient (Wildman–Crippen LogP) is 7.31. The van der Waals surface area contributed by atoms with Crippen molar-refractivity contribution >= 4 is 23.4 Å². The molecule has 6 rings (SSSR count). The highest BCUT2D eigenvalue weighted by Gasteiger charge is 2.35. The van der Waals surface area contributed by atoms with Crippen LogP contribution in [0.1, 0.15) is 72.1 Å². The summed E-state index contributed by atoms with van der Waals surface area (Å²) in [7, 11) is 1.63. The van der Waals surface area contributed by atoms with E-state index in [1.165, 1.54) is 5.06 Å². The second kappa shape index (κ2) is 16.6. The van der Waals surface area contributed by atoms with Crippen LogP contribution in [-0.2, 0) is 21.0 Å². The van der Waals surface area contributed by atoms with Crippen molar-refractivity contribution in [2.24, 2.45) is 11.8 Å². The molecule has 1 unspecified atom stereocenters. The zero-order valence-electron chi connectivity index (χ0n) is 29.1. The van der Waals surface area contributed by atoms with E-state index in [9.17, 15) is 9.59 Å². The fraction of sp³-hybridized carbons (Fsp3) is 0.400. The van der Waals surface area contributed by atoms with Gasteiger partial charge in [-0.25, -0.2) is 9.97 Å². The molecule has 4 aromatic rings. The molecule has 1 aliphatic carbocycles. The van der Waals surface area contributed by atoms with E-state index < -0.39 is 0 Å². The van der Waals surface area contributed by atoms with Crippen molar-refractivity contribution in [2.45, 2.75) is 58.5 Å². The zero-order chi connectivity index (χ0) is 34.9. The summed E-state index contributed by atoms with van der Waals surface area (Å²) in [4.78, 5) is 43.8. The van der Waals surface area contributed by atoms with Crippen LogP contribution in [0.25, 0.3) is 0 Å². The predicted molar refractivity (Wildman–Crippen MR) is 191 cm³/mol. The molecule has 0 N–H and O–H groups in total. The van der Waals surface area contributed by atoms with E-state index in [1.54, 1.807) is 31.5 Å². The number of benzene rings is 2. The zero-order valence-corrected chi connectivity index (χ0v) is 29.1. The minimum absolute atomic E-state index is 0.0898. The van der Waals surface area contributed by atoms with Crippen molar-refractivity contribution in [3.8, 4) is 11.6 Å². The quantitative estimate of drug-likeness (QED) is 0.0946. The molecule has 0 spiro atoms. The maximum atomic E-state index is 13.9. The topological polar surface area (TPSA) is 103 Å². The number of hydrogen-bond acceptors (Lipinski definition) is 9. The van der Waals surface area contributed by atoms with E-state index >= 15 is 0 Å². The highest BCUT2D eigenvalue weighted by molar-refractivity contribution is 6.08. The number of amides is 1. The number of nitrogens with zero attached hydrogens (tertiary/aromatic N) is 4. The third-order valence-corrected chi connectivity index (χ3v) is 9.39. The molecule has 1 atom stereocenters. The van der Waals surface area contributed by atoms with Gasteiger partial charge in [-0.05, 0) is 98.7 Å². The summed E-state index contributed by atoms with van der Waals surface area (Å²) in [6.07, 6.45) is 6.12. The molecule has 1 saturated carbocycles. The Kier molecular flexibility index (Phi) is 11.6. The van der Waals surface area contributed by atoms with Crippen LogP contribution in [0.15, 0.2) is 85.1 Å². The number of aromatic nitrogens is 2. The van der Waals surface area contributed by atoms with Gasteiger partial charge in [-0.1, -0.05) is 36.4 Å². The van der Waals surface area contributed by atoms with Crippen LogP contribution in [0, 0.1) is 18.8 Å². The molecule has 2 fully saturated rings. The number of piperidine rings is 1. The van der Waals surface area contributed by atoms with Gasteiger partial charge in [-0.15, -0.1) is 0 Å². The first-order chi connectivity index (χ1) is 24.4. The largest absolute Gasteiger partial charge is 0.497 e. The number of aryl methyl sites for hydroxylation is 1. The maximum absolute atomic E-state index is 13.9. The number of hydrogen-bond donors (Lipinski definition) is 0. The minimum atomic E-state index is -0.284. The summed E-state index contributed by atoms with van der Waals surface area (Å²) in [5, 5.41) is 1.28. The van der Waals surface area contributed by atoms with Gasteiger partial charge in [0, 0.05) is 37.1 Å². The Morgan fingerprint density at radius 3 is 2.48 bits per heavy atom.